The van der Waals surface area contributed by atoms with Crippen LogP contribution in [0.5, 0.6) is 0 Å². The molecule has 3 N–H and O–H groups in total. The topological polar surface area (TPSA) is 89.3 Å². The van der Waals surface area contributed by atoms with E-state index in [-0.39, 0.29) is 0 Å². The Labute approximate surface area is 121 Å². The molecule has 0 saturated heterocycles. The number of benzene rings is 1. The molecule has 0 aliphatic rings. The van der Waals surface area contributed by atoms with Gasteiger partial charge >= 0.3 is 0 Å². The van der Waals surface area contributed by atoms with Gasteiger partial charge in [-0.25, -0.2) is 4.98 Å². The summed E-state index contributed by atoms with van der Waals surface area (Å²) >= 11 is 0. The molecule has 0 aliphatic carbocycles. The molecule has 0 bridgehead atoms. The number of aliphatic hydroxyl groups is 1. The van der Waals surface area contributed by atoms with E-state index in [4.69, 9.17) is 5.73 Å². The van der Waals surface area contributed by atoms with Crippen LogP contribution >= 0.6 is 0 Å². The molecule has 0 amide bonds. The quantitative estimate of drug-likeness (QED) is 0.651. The van der Waals surface area contributed by atoms with Crippen molar-refractivity contribution in [2.24, 2.45) is 0 Å². The highest BCUT2D eigenvalue weighted by Crippen LogP contribution is 2.16. The molecule has 0 radical (unpaired) electrons. The van der Waals surface area contributed by atoms with Crippen LogP contribution in [0, 0.1) is 18.8 Å². The van der Waals surface area contributed by atoms with Gasteiger partial charge < -0.3 is 10.8 Å². The molecule has 1 atom stereocenters. The van der Waals surface area contributed by atoms with E-state index < -0.39 is 6.10 Å². The summed E-state index contributed by atoms with van der Waals surface area (Å²) in [6.45, 7) is 1.80. The fraction of sp³-hybridized carbons (Fsp3) is 0.133. The number of fused-ring (bicyclic) bond motifs is 1. The molecular weight excluding hydrogens is 266 g/mol. The number of nitrogens with zero attached hydrogens (tertiary/aromatic N) is 4. The maximum Gasteiger partial charge on any atom is 0.254 e. The van der Waals surface area contributed by atoms with E-state index >= 15 is 0 Å². The first kappa shape index (κ1) is 13.1. The minimum absolute atomic E-state index is 0.364. The van der Waals surface area contributed by atoms with Gasteiger partial charge in [-0.15, -0.1) is 0 Å². The van der Waals surface area contributed by atoms with Gasteiger partial charge in [0.05, 0.1) is 11.3 Å². The lowest BCUT2D eigenvalue weighted by molar-refractivity contribution is 0.238. The first-order valence-electron chi connectivity index (χ1n) is 6.37. The van der Waals surface area contributed by atoms with Crippen molar-refractivity contribution in [3.8, 4) is 11.8 Å². The number of nitrogens with two attached hydrogens (primary N) is 1. The number of aliphatic hydroxyl groups excluding tert-OH is 1. The van der Waals surface area contributed by atoms with Gasteiger partial charge in [0.15, 0.2) is 0 Å². The zero-order chi connectivity index (χ0) is 14.8. The Morgan fingerprint density at radius 2 is 2.05 bits per heavy atom. The molecule has 1 aromatic carbocycles. The van der Waals surface area contributed by atoms with Crippen molar-refractivity contribution in [1.82, 2.24) is 19.6 Å². The predicted molar refractivity (Wildman–Crippen MR) is 78.2 cm³/mol. The molecule has 0 aliphatic heterocycles. The van der Waals surface area contributed by atoms with Gasteiger partial charge in [0.1, 0.15) is 18.2 Å². The molecule has 3 rings (SSSR count). The minimum atomic E-state index is -0.878. The van der Waals surface area contributed by atoms with E-state index in [1.807, 2.05) is 30.3 Å². The third-order valence-electron chi connectivity index (χ3n) is 3.09. The molecule has 2 aromatic heterocycles. The summed E-state index contributed by atoms with van der Waals surface area (Å²) in [6, 6.07) is 9.21. The molecule has 21 heavy (non-hydrogen) atoms. The Bertz CT molecular complexity index is 845. The Kier molecular flexibility index (Phi) is 3.26. The summed E-state index contributed by atoms with van der Waals surface area (Å²) in [4.78, 5) is 8.26. The molecule has 0 spiro atoms. The van der Waals surface area contributed by atoms with Gasteiger partial charge in [-0.05, 0) is 12.5 Å². The van der Waals surface area contributed by atoms with Crippen LogP contribution in [0.2, 0.25) is 0 Å². The second kappa shape index (κ2) is 5.23. The van der Waals surface area contributed by atoms with Crippen LogP contribution in [0.25, 0.3) is 5.78 Å². The van der Waals surface area contributed by atoms with Crippen molar-refractivity contribution in [3.05, 3.63) is 53.5 Å². The highest BCUT2D eigenvalue weighted by Gasteiger charge is 2.10. The Morgan fingerprint density at radius 3 is 2.81 bits per heavy atom. The van der Waals surface area contributed by atoms with Crippen LogP contribution in [-0.4, -0.2) is 24.7 Å². The zero-order valence-corrected chi connectivity index (χ0v) is 11.4. The fourth-order valence-electron chi connectivity index (χ4n) is 1.99. The van der Waals surface area contributed by atoms with Crippen molar-refractivity contribution < 1.29 is 5.11 Å². The van der Waals surface area contributed by atoms with Gasteiger partial charge in [-0.3, -0.25) is 0 Å². The Morgan fingerprint density at radius 1 is 1.29 bits per heavy atom. The number of aromatic nitrogens is 4. The maximum absolute atomic E-state index is 10.1. The van der Waals surface area contributed by atoms with Crippen molar-refractivity contribution in [2.45, 2.75) is 13.0 Å². The molecular formula is C15H13N5O. The lowest BCUT2D eigenvalue weighted by Gasteiger charge is -2.05. The maximum atomic E-state index is 10.1. The highest BCUT2D eigenvalue weighted by atomic mass is 16.3. The van der Waals surface area contributed by atoms with Gasteiger partial charge in [-0.1, -0.05) is 42.2 Å². The molecule has 2 heterocycles. The first-order chi connectivity index (χ1) is 10.2. The standard InChI is InChI=1S/C15H13N5O/c1-10-12(14(16)20-15(19-10)17-9-18-20)7-8-13(21)11-5-3-2-4-6-11/h2-6,9,13,21H,16H2,1H3. The van der Waals surface area contributed by atoms with Crippen LogP contribution < -0.4 is 5.73 Å². The zero-order valence-electron chi connectivity index (χ0n) is 11.4. The summed E-state index contributed by atoms with van der Waals surface area (Å²) in [6.07, 6.45) is 0.505. The molecule has 104 valence electrons. The summed E-state index contributed by atoms with van der Waals surface area (Å²) in [5, 5.41) is 14.1. The normalized spacial score (nSPS) is 11.9. The second-order valence-electron chi connectivity index (χ2n) is 4.51. The Hall–Kier alpha value is -2.91. The smallest absolute Gasteiger partial charge is 0.254 e. The monoisotopic (exact) mass is 279 g/mol. The highest BCUT2D eigenvalue weighted by molar-refractivity contribution is 5.57. The molecule has 1 unspecified atom stereocenters. The van der Waals surface area contributed by atoms with Crippen LogP contribution in [0.3, 0.4) is 0 Å². The number of hydrogen-bond donors (Lipinski definition) is 2. The van der Waals surface area contributed by atoms with Crippen molar-refractivity contribution in [3.63, 3.8) is 0 Å². The van der Waals surface area contributed by atoms with Crippen molar-refractivity contribution in [2.75, 3.05) is 5.73 Å². The van der Waals surface area contributed by atoms with E-state index in [1.165, 1.54) is 10.8 Å². The van der Waals surface area contributed by atoms with Crippen LogP contribution in [0.4, 0.5) is 5.82 Å². The van der Waals surface area contributed by atoms with Gasteiger partial charge in [0.25, 0.3) is 5.78 Å². The molecule has 3 aromatic rings. The summed E-state index contributed by atoms with van der Waals surface area (Å²) in [5.41, 5.74) is 7.96. The summed E-state index contributed by atoms with van der Waals surface area (Å²) < 4.78 is 1.42. The van der Waals surface area contributed by atoms with Gasteiger partial charge in [0.2, 0.25) is 0 Å². The van der Waals surface area contributed by atoms with Gasteiger partial charge in [-0.2, -0.15) is 14.6 Å². The van der Waals surface area contributed by atoms with Gasteiger partial charge in [0, 0.05) is 0 Å². The number of nitrogen functional groups attached to an aromatic ring is 1. The SMILES string of the molecule is Cc1nc2ncnn2c(N)c1C#CC(O)c1ccccc1. The molecule has 6 heteroatoms. The predicted octanol–water partition coefficient (Wildman–Crippen LogP) is 1.10. The van der Waals surface area contributed by atoms with E-state index in [0.29, 0.717) is 22.9 Å². The third-order valence-corrected chi connectivity index (χ3v) is 3.09. The lowest BCUT2D eigenvalue weighted by Crippen LogP contribution is -2.06. The summed E-state index contributed by atoms with van der Waals surface area (Å²) in [7, 11) is 0. The minimum Gasteiger partial charge on any atom is -0.382 e. The number of aryl methyl sites for hydroxylation is 1. The van der Waals surface area contributed by atoms with Crippen molar-refractivity contribution in [1.29, 1.82) is 0 Å². The average molecular weight is 279 g/mol. The third kappa shape index (κ3) is 2.42. The van der Waals surface area contributed by atoms with E-state index in [2.05, 4.69) is 26.9 Å². The van der Waals surface area contributed by atoms with E-state index in [1.54, 1.807) is 6.92 Å². The number of rotatable bonds is 1. The van der Waals surface area contributed by atoms with Crippen LogP contribution in [0.15, 0.2) is 36.7 Å². The van der Waals surface area contributed by atoms with E-state index in [0.717, 1.165) is 5.56 Å². The second-order valence-corrected chi connectivity index (χ2v) is 4.51. The van der Waals surface area contributed by atoms with Crippen LogP contribution in [0.1, 0.15) is 22.9 Å². The summed E-state index contributed by atoms with van der Waals surface area (Å²) in [5.74, 6) is 6.46. The largest absolute Gasteiger partial charge is 0.382 e. The molecule has 0 fully saturated rings. The molecule has 0 saturated carbocycles. The lowest BCUT2D eigenvalue weighted by atomic mass is 10.1. The first-order valence-corrected chi connectivity index (χ1v) is 6.37. The fourth-order valence-corrected chi connectivity index (χ4v) is 1.99. The average Bonchev–Trinajstić information content (AvgIpc) is 2.96. The Balaban J connectivity index is 2.01. The van der Waals surface area contributed by atoms with E-state index in [9.17, 15) is 5.11 Å². The molecule has 6 nitrogen and oxygen atoms in total. The van der Waals surface area contributed by atoms with Crippen molar-refractivity contribution >= 4 is 11.6 Å². The van der Waals surface area contributed by atoms with Crippen LogP contribution in [-0.2, 0) is 0 Å². The number of hydrogen-bond acceptors (Lipinski definition) is 5. The number of anilines is 1.